The molecule has 0 aliphatic heterocycles. The Morgan fingerprint density at radius 2 is 2.27 bits per heavy atom. The number of aliphatic hydroxyl groups excluding tert-OH is 1. The van der Waals surface area contributed by atoms with Crippen molar-refractivity contribution < 1.29 is 5.11 Å². The molecule has 0 fully saturated rings. The normalized spacial score (nSPS) is 12.9. The van der Waals surface area contributed by atoms with E-state index in [-0.39, 0.29) is 18.6 Å². The Bertz CT molecular complexity index is 332. The standard InChI is InChI=1S/C9H15BrN4O/c1-5(2)7(4-15)13-8-6(10)3-12-9(11)14-8/h3,5,7,15H,4H2,1-2H3,(H3,11,12,13,14)/t7-/m1/s1. The van der Waals surface area contributed by atoms with Crippen LogP contribution in [0.3, 0.4) is 0 Å². The molecule has 15 heavy (non-hydrogen) atoms. The topological polar surface area (TPSA) is 84.1 Å². The van der Waals surface area contributed by atoms with E-state index in [2.05, 4.69) is 31.2 Å². The molecule has 0 bridgehead atoms. The first-order valence-electron chi connectivity index (χ1n) is 4.70. The molecule has 6 heteroatoms. The van der Waals surface area contributed by atoms with Crippen LogP contribution in [0, 0.1) is 5.92 Å². The number of anilines is 2. The number of nitrogens with zero attached hydrogens (tertiary/aromatic N) is 2. The van der Waals surface area contributed by atoms with Gasteiger partial charge in [0.25, 0.3) is 0 Å². The highest BCUT2D eigenvalue weighted by Crippen LogP contribution is 2.21. The van der Waals surface area contributed by atoms with Crippen LogP contribution in [0.5, 0.6) is 0 Å². The molecule has 0 saturated heterocycles. The number of halogens is 1. The molecule has 0 amide bonds. The minimum Gasteiger partial charge on any atom is -0.394 e. The maximum Gasteiger partial charge on any atom is 0.221 e. The fourth-order valence-corrected chi connectivity index (χ4v) is 1.39. The molecule has 1 rings (SSSR count). The van der Waals surface area contributed by atoms with Crippen LogP contribution in [0.2, 0.25) is 0 Å². The van der Waals surface area contributed by atoms with Gasteiger partial charge in [-0.3, -0.25) is 0 Å². The van der Waals surface area contributed by atoms with Crippen LogP contribution in [0.1, 0.15) is 13.8 Å². The Hall–Kier alpha value is -0.880. The summed E-state index contributed by atoms with van der Waals surface area (Å²) in [6.07, 6.45) is 1.58. The highest BCUT2D eigenvalue weighted by Gasteiger charge is 2.14. The van der Waals surface area contributed by atoms with Crippen LogP contribution < -0.4 is 11.1 Å². The molecule has 1 atom stereocenters. The van der Waals surface area contributed by atoms with Gasteiger partial charge < -0.3 is 16.2 Å². The summed E-state index contributed by atoms with van der Waals surface area (Å²) < 4.78 is 0.732. The summed E-state index contributed by atoms with van der Waals surface area (Å²) >= 11 is 3.31. The van der Waals surface area contributed by atoms with Crippen molar-refractivity contribution in [1.82, 2.24) is 9.97 Å². The van der Waals surface area contributed by atoms with E-state index in [1.807, 2.05) is 13.8 Å². The maximum atomic E-state index is 9.17. The largest absolute Gasteiger partial charge is 0.394 e. The van der Waals surface area contributed by atoms with E-state index in [1.165, 1.54) is 0 Å². The summed E-state index contributed by atoms with van der Waals surface area (Å²) in [7, 11) is 0. The van der Waals surface area contributed by atoms with Gasteiger partial charge in [-0.05, 0) is 21.8 Å². The molecule has 1 heterocycles. The Labute approximate surface area is 97.2 Å². The van der Waals surface area contributed by atoms with Crippen molar-refractivity contribution in [2.45, 2.75) is 19.9 Å². The zero-order valence-corrected chi connectivity index (χ0v) is 10.3. The van der Waals surface area contributed by atoms with Crippen molar-refractivity contribution in [1.29, 1.82) is 0 Å². The lowest BCUT2D eigenvalue weighted by Crippen LogP contribution is -2.30. The molecule has 84 valence electrons. The number of rotatable bonds is 4. The molecule has 1 aromatic rings. The summed E-state index contributed by atoms with van der Waals surface area (Å²) in [5.41, 5.74) is 5.48. The Balaban J connectivity index is 2.82. The minimum atomic E-state index is -0.0457. The fourth-order valence-electron chi connectivity index (χ4n) is 1.08. The second-order valence-electron chi connectivity index (χ2n) is 3.60. The van der Waals surface area contributed by atoms with Crippen molar-refractivity contribution in [2.24, 2.45) is 5.92 Å². The number of nitrogens with one attached hydrogen (secondary N) is 1. The average Bonchev–Trinajstić information content (AvgIpc) is 2.18. The van der Waals surface area contributed by atoms with E-state index in [0.717, 1.165) is 4.47 Å². The highest BCUT2D eigenvalue weighted by molar-refractivity contribution is 9.10. The third-order valence-corrected chi connectivity index (χ3v) is 2.67. The van der Waals surface area contributed by atoms with Crippen LogP contribution in [-0.4, -0.2) is 27.7 Å². The van der Waals surface area contributed by atoms with Crippen LogP contribution in [0.25, 0.3) is 0 Å². The Morgan fingerprint density at radius 3 is 2.80 bits per heavy atom. The minimum absolute atomic E-state index is 0.0457. The van der Waals surface area contributed by atoms with Gasteiger partial charge in [-0.25, -0.2) is 4.98 Å². The molecule has 0 radical (unpaired) electrons. The molecular weight excluding hydrogens is 260 g/mol. The number of hydrogen-bond acceptors (Lipinski definition) is 5. The molecule has 0 aliphatic rings. The summed E-state index contributed by atoms with van der Waals surface area (Å²) in [5, 5.41) is 12.3. The first-order chi connectivity index (χ1) is 7.04. The van der Waals surface area contributed by atoms with Crippen LogP contribution in [-0.2, 0) is 0 Å². The Morgan fingerprint density at radius 1 is 1.60 bits per heavy atom. The van der Waals surface area contributed by atoms with Crippen molar-refractivity contribution >= 4 is 27.7 Å². The molecular formula is C9H15BrN4O. The van der Waals surface area contributed by atoms with Crippen molar-refractivity contribution in [2.75, 3.05) is 17.7 Å². The van der Waals surface area contributed by atoms with Gasteiger partial charge >= 0.3 is 0 Å². The molecule has 0 spiro atoms. The van der Waals surface area contributed by atoms with E-state index < -0.39 is 0 Å². The molecule has 0 saturated carbocycles. The predicted octanol–water partition coefficient (Wildman–Crippen LogP) is 1.25. The van der Waals surface area contributed by atoms with E-state index in [9.17, 15) is 0 Å². The fraction of sp³-hybridized carbons (Fsp3) is 0.556. The summed E-state index contributed by atoms with van der Waals surface area (Å²) in [4.78, 5) is 7.88. The average molecular weight is 275 g/mol. The number of aromatic nitrogens is 2. The van der Waals surface area contributed by atoms with Gasteiger partial charge in [-0.1, -0.05) is 13.8 Å². The van der Waals surface area contributed by atoms with Gasteiger partial charge in [0.05, 0.1) is 17.1 Å². The summed E-state index contributed by atoms with van der Waals surface area (Å²) in [6, 6.07) is -0.0457. The van der Waals surface area contributed by atoms with Crippen molar-refractivity contribution in [3.8, 4) is 0 Å². The molecule has 4 N–H and O–H groups in total. The summed E-state index contributed by atoms with van der Waals surface area (Å²) in [5.74, 6) is 1.12. The monoisotopic (exact) mass is 274 g/mol. The second kappa shape index (κ2) is 5.27. The van der Waals surface area contributed by atoms with E-state index in [1.54, 1.807) is 6.20 Å². The van der Waals surface area contributed by atoms with Crippen LogP contribution in [0.15, 0.2) is 10.7 Å². The third-order valence-electron chi connectivity index (χ3n) is 2.09. The molecule has 0 aromatic carbocycles. The molecule has 5 nitrogen and oxygen atoms in total. The second-order valence-corrected chi connectivity index (χ2v) is 4.46. The highest BCUT2D eigenvalue weighted by atomic mass is 79.9. The third kappa shape index (κ3) is 3.32. The quantitative estimate of drug-likeness (QED) is 0.770. The van der Waals surface area contributed by atoms with Gasteiger partial charge in [-0.2, -0.15) is 4.98 Å². The van der Waals surface area contributed by atoms with E-state index in [0.29, 0.717) is 11.7 Å². The SMILES string of the molecule is CC(C)[C@@H](CO)Nc1nc(N)ncc1Br. The zero-order chi connectivity index (χ0) is 11.4. The van der Waals surface area contributed by atoms with Gasteiger partial charge in [0.15, 0.2) is 0 Å². The molecule has 0 aliphatic carbocycles. The lowest BCUT2D eigenvalue weighted by atomic mass is 10.1. The van der Waals surface area contributed by atoms with Crippen molar-refractivity contribution in [3.05, 3.63) is 10.7 Å². The lowest BCUT2D eigenvalue weighted by molar-refractivity contribution is 0.249. The zero-order valence-electron chi connectivity index (χ0n) is 8.74. The number of nitrogens with two attached hydrogens (primary N) is 1. The number of aliphatic hydroxyl groups is 1. The van der Waals surface area contributed by atoms with Crippen LogP contribution in [0.4, 0.5) is 11.8 Å². The van der Waals surface area contributed by atoms with Gasteiger partial charge in [-0.15, -0.1) is 0 Å². The predicted molar refractivity (Wildman–Crippen MR) is 63.5 cm³/mol. The van der Waals surface area contributed by atoms with E-state index in [4.69, 9.17) is 10.8 Å². The van der Waals surface area contributed by atoms with Crippen LogP contribution >= 0.6 is 15.9 Å². The Kier molecular flexibility index (Phi) is 4.28. The van der Waals surface area contributed by atoms with Crippen molar-refractivity contribution in [3.63, 3.8) is 0 Å². The smallest absolute Gasteiger partial charge is 0.221 e. The number of nitrogen functional groups attached to an aromatic ring is 1. The van der Waals surface area contributed by atoms with Gasteiger partial charge in [0.1, 0.15) is 5.82 Å². The van der Waals surface area contributed by atoms with Gasteiger partial charge in [0.2, 0.25) is 5.95 Å². The lowest BCUT2D eigenvalue weighted by Gasteiger charge is -2.21. The molecule has 1 aromatic heterocycles. The first-order valence-corrected chi connectivity index (χ1v) is 5.49. The van der Waals surface area contributed by atoms with Gasteiger partial charge in [0, 0.05) is 6.20 Å². The first kappa shape index (κ1) is 12.2. The van der Waals surface area contributed by atoms with E-state index >= 15 is 0 Å². The molecule has 0 unspecified atom stereocenters. The number of hydrogen-bond donors (Lipinski definition) is 3. The maximum absolute atomic E-state index is 9.17. The summed E-state index contributed by atoms with van der Waals surface area (Å²) in [6.45, 7) is 4.09.